The number of rotatable bonds is 2. The quantitative estimate of drug-likeness (QED) is 0.788. The Morgan fingerprint density at radius 1 is 1.26 bits per heavy atom. The number of anilines is 1. The Hall–Kier alpha value is -2.76. The van der Waals surface area contributed by atoms with E-state index in [0.29, 0.717) is 5.95 Å². The average molecular weight is 306 g/mol. The number of hydrogen-bond acceptors (Lipinski definition) is 5. The lowest BCUT2D eigenvalue weighted by atomic mass is 9.97. The van der Waals surface area contributed by atoms with Gasteiger partial charge in [0.1, 0.15) is 5.52 Å². The number of nitrogens with one attached hydrogen (secondary N) is 1. The van der Waals surface area contributed by atoms with Gasteiger partial charge in [0.15, 0.2) is 0 Å². The van der Waals surface area contributed by atoms with E-state index in [2.05, 4.69) is 43.8 Å². The van der Waals surface area contributed by atoms with Gasteiger partial charge in [-0.05, 0) is 42.5 Å². The third-order valence-corrected chi connectivity index (χ3v) is 4.27. The number of aromatic nitrogens is 5. The Balaban J connectivity index is 1.87. The van der Waals surface area contributed by atoms with Crippen LogP contribution in [0.4, 0.5) is 5.95 Å². The minimum Gasteiger partial charge on any atom is -0.357 e. The highest BCUT2D eigenvalue weighted by atomic mass is 15.4. The smallest absolute Gasteiger partial charge is 0.222 e. The number of aryl methyl sites for hydroxylation is 2. The predicted molar refractivity (Wildman–Crippen MR) is 90.1 cm³/mol. The van der Waals surface area contributed by atoms with Crippen LogP contribution in [0.25, 0.3) is 16.6 Å². The van der Waals surface area contributed by atoms with Gasteiger partial charge in [-0.2, -0.15) is 0 Å². The van der Waals surface area contributed by atoms with Gasteiger partial charge in [-0.3, -0.25) is 0 Å². The molecule has 0 saturated heterocycles. The largest absolute Gasteiger partial charge is 0.357 e. The summed E-state index contributed by atoms with van der Waals surface area (Å²) in [7, 11) is 3.76. The van der Waals surface area contributed by atoms with Crippen LogP contribution in [0.1, 0.15) is 29.7 Å². The van der Waals surface area contributed by atoms with E-state index in [1.54, 1.807) is 4.68 Å². The van der Waals surface area contributed by atoms with Crippen molar-refractivity contribution in [3.63, 3.8) is 0 Å². The van der Waals surface area contributed by atoms with Crippen molar-refractivity contribution in [2.75, 3.05) is 12.4 Å². The summed E-state index contributed by atoms with van der Waals surface area (Å²) in [5.41, 5.74) is 6.52. The van der Waals surface area contributed by atoms with E-state index >= 15 is 0 Å². The molecule has 0 aliphatic heterocycles. The minimum absolute atomic E-state index is 0.677. The molecule has 6 nitrogen and oxygen atoms in total. The van der Waals surface area contributed by atoms with Crippen LogP contribution in [-0.2, 0) is 13.5 Å². The van der Waals surface area contributed by atoms with Gasteiger partial charge in [0.25, 0.3) is 0 Å². The van der Waals surface area contributed by atoms with E-state index in [4.69, 9.17) is 0 Å². The molecule has 23 heavy (non-hydrogen) atoms. The highest BCUT2D eigenvalue weighted by molar-refractivity contribution is 5.86. The molecule has 1 aliphatic carbocycles. The normalized spacial score (nSPS) is 14.3. The number of allylic oxidation sites excluding steroid dienone is 1. The molecule has 0 bridgehead atoms. The van der Waals surface area contributed by atoms with Gasteiger partial charge in [0, 0.05) is 25.9 Å². The fraction of sp³-hybridized carbons (Fsp3) is 0.294. The first-order valence-corrected chi connectivity index (χ1v) is 7.80. The maximum Gasteiger partial charge on any atom is 0.222 e. The molecule has 4 rings (SSSR count). The lowest BCUT2D eigenvalue weighted by Gasteiger charge is -2.11. The molecule has 6 heteroatoms. The van der Waals surface area contributed by atoms with Crippen LogP contribution in [0.5, 0.6) is 0 Å². The summed E-state index contributed by atoms with van der Waals surface area (Å²) in [4.78, 5) is 9.05. The van der Waals surface area contributed by atoms with Gasteiger partial charge in [-0.15, -0.1) is 5.10 Å². The molecule has 0 atom stereocenters. The Labute approximate surface area is 134 Å². The molecule has 0 amide bonds. The molecule has 0 radical (unpaired) electrons. The van der Waals surface area contributed by atoms with Gasteiger partial charge >= 0.3 is 0 Å². The van der Waals surface area contributed by atoms with Crippen LogP contribution in [0, 0.1) is 0 Å². The topological polar surface area (TPSA) is 68.5 Å². The van der Waals surface area contributed by atoms with Gasteiger partial charge < -0.3 is 5.32 Å². The molecule has 2 heterocycles. The third-order valence-electron chi connectivity index (χ3n) is 4.27. The molecule has 0 spiro atoms. The Kier molecular flexibility index (Phi) is 3.29. The molecule has 1 aromatic carbocycles. The Bertz CT molecular complexity index is 909. The number of nitrogens with zero attached hydrogens (tertiary/aromatic N) is 5. The summed E-state index contributed by atoms with van der Waals surface area (Å²) in [6.07, 6.45) is 7.34. The third kappa shape index (κ3) is 2.36. The Morgan fingerprint density at radius 2 is 2.17 bits per heavy atom. The molecule has 3 aromatic rings. The van der Waals surface area contributed by atoms with Crippen LogP contribution >= 0.6 is 0 Å². The van der Waals surface area contributed by atoms with Crippen molar-refractivity contribution >= 4 is 22.6 Å². The van der Waals surface area contributed by atoms with Crippen LogP contribution in [0.15, 0.2) is 30.5 Å². The Morgan fingerprint density at radius 3 is 3.04 bits per heavy atom. The van der Waals surface area contributed by atoms with Crippen molar-refractivity contribution in [3.8, 4) is 0 Å². The second-order valence-corrected chi connectivity index (χ2v) is 5.73. The number of benzene rings is 1. The maximum absolute atomic E-state index is 4.64. The van der Waals surface area contributed by atoms with E-state index in [1.807, 2.05) is 26.4 Å². The second-order valence-electron chi connectivity index (χ2n) is 5.73. The van der Waals surface area contributed by atoms with E-state index in [9.17, 15) is 0 Å². The zero-order valence-corrected chi connectivity index (χ0v) is 13.2. The second kappa shape index (κ2) is 5.46. The van der Waals surface area contributed by atoms with Crippen LogP contribution in [0.3, 0.4) is 0 Å². The highest BCUT2D eigenvalue weighted by Crippen LogP contribution is 2.31. The van der Waals surface area contributed by atoms with E-state index < -0.39 is 0 Å². The first-order valence-electron chi connectivity index (χ1n) is 7.80. The first kappa shape index (κ1) is 13.9. The van der Waals surface area contributed by atoms with E-state index in [0.717, 1.165) is 47.1 Å². The van der Waals surface area contributed by atoms with Crippen LogP contribution < -0.4 is 5.32 Å². The van der Waals surface area contributed by atoms with Crippen molar-refractivity contribution < 1.29 is 0 Å². The monoisotopic (exact) mass is 306 g/mol. The SMILES string of the molecule is CNc1ncc2c(n1)CCCC=C2c1ccc2nnn(C)c2c1. The number of fused-ring (bicyclic) bond motifs is 2. The van der Waals surface area contributed by atoms with Gasteiger partial charge in [-0.25, -0.2) is 14.6 Å². The average Bonchev–Trinajstić information content (AvgIpc) is 2.83. The first-order chi connectivity index (χ1) is 11.3. The van der Waals surface area contributed by atoms with Crippen molar-refractivity contribution in [3.05, 3.63) is 47.3 Å². The van der Waals surface area contributed by atoms with Crippen LogP contribution in [-0.4, -0.2) is 32.0 Å². The zero-order valence-electron chi connectivity index (χ0n) is 13.2. The summed E-state index contributed by atoms with van der Waals surface area (Å²) in [5, 5.41) is 11.3. The molecular weight excluding hydrogens is 288 g/mol. The lowest BCUT2D eigenvalue weighted by molar-refractivity contribution is 0.736. The lowest BCUT2D eigenvalue weighted by Crippen LogP contribution is -2.03. The molecule has 0 saturated carbocycles. The molecule has 0 unspecified atom stereocenters. The standard InChI is InChI=1S/C17H18N6/c1-18-17-19-10-13-12(5-3-4-6-14(13)20-17)11-7-8-15-16(9-11)23(2)22-21-15/h5,7-10H,3-4,6H2,1-2H3,(H,18,19,20). The van der Waals surface area contributed by atoms with Crippen molar-refractivity contribution in [1.82, 2.24) is 25.0 Å². The molecule has 0 fully saturated rings. The van der Waals surface area contributed by atoms with E-state index in [-0.39, 0.29) is 0 Å². The molecule has 116 valence electrons. The molecular formula is C17H18N6. The summed E-state index contributed by atoms with van der Waals surface area (Å²) >= 11 is 0. The molecule has 1 N–H and O–H groups in total. The molecule has 2 aromatic heterocycles. The summed E-state index contributed by atoms with van der Waals surface area (Å²) in [6.45, 7) is 0. The summed E-state index contributed by atoms with van der Waals surface area (Å²) < 4.78 is 1.80. The summed E-state index contributed by atoms with van der Waals surface area (Å²) in [6, 6.07) is 6.26. The minimum atomic E-state index is 0.677. The van der Waals surface area contributed by atoms with Crippen molar-refractivity contribution in [1.29, 1.82) is 0 Å². The van der Waals surface area contributed by atoms with Crippen LogP contribution in [0.2, 0.25) is 0 Å². The maximum atomic E-state index is 4.64. The highest BCUT2D eigenvalue weighted by Gasteiger charge is 2.16. The predicted octanol–water partition coefficient (Wildman–Crippen LogP) is 2.57. The van der Waals surface area contributed by atoms with E-state index in [1.165, 1.54) is 5.57 Å². The van der Waals surface area contributed by atoms with Gasteiger partial charge in [0.2, 0.25) is 5.95 Å². The summed E-state index contributed by atoms with van der Waals surface area (Å²) in [5.74, 6) is 0.677. The fourth-order valence-electron chi connectivity index (χ4n) is 3.05. The van der Waals surface area contributed by atoms with Gasteiger partial charge in [-0.1, -0.05) is 17.4 Å². The van der Waals surface area contributed by atoms with Crippen molar-refractivity contribution in [2.45, 2.75) is 19.3 Å². The fourth-order valence-corrected chi connectivity index (χ4v) is 3.05. The van der Waals surface area contributed by atoms with Gasteiger partial charge in [0.05, 0.1) is 11.2 Å². The molecule has 1 aliphatic rings. The zero-order chi connectivity index (χ0) is 15.8. The van der Waals surface area contributed by atoms with Crippen molar-refractivity contribution in [2.24, 2.45) is 7.05 Å². The number of hydrogen-bond donors (Lipinski definition) is 1.